The lowest BCUT2D eigenvalue weighted by atomic mass is 10.1. The zero-order valence-electron chi connectivity index (χ0n) is 9.81. The number of benzene rings is 1. The molecule has 0 aliphatic rings. The van der Waals surface area contributed by atoms with Crippen molar-refractivity contribution in [2.75, 3.05) is 7.11 Å². The number of hydrogen-bond acceptors (Lipinski definition) is 5. The summed E-state index contributed by atoms with van der Waals surface area (Å²) in [4.78, 5) is 3.24. The maximum Gasteiger partial charge on any atom is 0.471 e. The van der Waals surface area contributed by atoms with Crippen molar-refractivity contribution in [3.05, 3.63) is 41.5 Å². The molecule has 0 radical (unpaired) electrons. The zero-order valence-corrected chi connectivity index (χ0v) is 9.81. The number of nitrogens with two attached hydrogens (primary N) is 1. The third kappa shape index (κ3) is 2.84. The van der Waals surface area contributed by atoms with Crippen LogP contribution in [0.2, 0.25) is 0 Å². The van der Waals surface area contributed by atoms with Crippen molar-refractivity contribution in [2.24, 2.45) is 5.73 Å². The van der Waals surface area contributed by atoms with E-state index in [1.807, 2.05) is 0 Å². The molecule has 2 aromatic rings. The molecule has 0 bridgehead atoms. The third-order valence-corrected chi connectivity index (χ3v) is 2.42. The summed E-state index contributed by atoms with van der Waals surface area (Å²) in [7, 11) is 1.47. The molecule has 1 atom stereocenters. The number of methoxy groups -OCH3 is 1. The van der Waals surface area contributed by atoms with E-state index in [1.54, 1.807) is 24.3 Å². The van der Waals surface area contributed by atoms with Crippen molar-refractivity contribution in [3.63, 3.8) is 0 Å². The minimum atomic E-state index is -4.68. The molecule has 1 unspecified atom stereocenters. The van der Waals surface area contributed by atoms with Gasteiger partial charge in [0, 0.05) is 0 Å². The molecular weight excluding hydrogens is 263 g/mol. The predicted octanol–water partition coefficient (Wildman–Crippen LogP) is 2.15. The molecule has 0 amide bonds. The van der Waals surface area contributed by atoms with Crippen molar-refractivity contribution < 1.29 is 22.4 Å². The number of hydrogen-bond donors (Lipinski definition) is 1. The number of nitrogens with zero attached hydrogens (tertiary/aromatic N) is 2. The topological polar surface area (TPSA) is 74.2 Å². The summed E-state index contributed by atoms with van der Waals surface area (Å²) in [5.41, 5.74) is 6.31. The summed E-state index contributed by atoms with van der Waals surface area (Å²) >= 11 is 0. The smallest absolute Gasteiger partial charge is 0.471 e. The Balaban J connectivity index is 2.28. The molecule has 8 heteroatoms. The highest BCUT2D eigenvalue weighted by Gasteiger charge is 2.39. The van der Waals surface area contributed by atoms with Crippen LogP contribution in [0.25, 0.3) is 0 Å². The Morgan fingerprint density at radius 3 is 2.68 bits per heavy atom. The van der Waals surface area contributed by atoms with Gasteiger partial charge in [0.1, 0.15) is 5.75 Å². The number of aromatic nitrogens is 2. The number of rotatable bonds is 3. The predicted molar refractivity (Wildman–Crippen MR) is 58.3 cm³/mol. The molecular formula is C11H10F3N3O2. The number of halogens is 3. The van der Waals surface area contributed by atoms with E-state index in [0.717, 1.165) is 0 Å². The Morgan fingerprint density at radius 2 is 2.11 bits per heavy atom. The Hall–Kier alpha value is -2.09. The molecule has 5 nitrogen and oxygen atoms in total. The molecule has 0 saturated carbocycles. The lowest BCUT2D eigenvalue weighted by Gasteiger charge is -2.08. The molecule has 102 valence electrons. The lowest BCUT2D eigenvalue weighted by Crippen LogP contribution is -2.14. The van der Waals surface area contributed by atoms with Crippen LogP contribution in [0.3, 0.4) is 0 Å². The molecule has 1 aromatic carbocycles. The van der Waals surface area contributed by atoms with Gasteiger partial charge in [0.05, 0.1) is 13.2 Å². The van der Waals surface area contributed by atoms with Gasteiger partial charge in [-0.15, -0.1) is 0 Å². The second-order valence-electron chi connectivity index (χ2n) is 3.71. The average Bonchev–Trinajstić information content (AvgIpc) is 2.87. The first-order valence-corrected chi connectivity index (χ1v) is 5.22. The summed E-state index contributed by atoms with van der Waals surface area (Å²) in [6.07, 6.45) is -4.68. The molecule has 2 N–H and O–H groups in total. The molecule has 1 heterocycles. The van der Waals surface area contributed by atoms with Crippen molar-refractivity contribution >= 4 is 0 Å². The fourth-order valence-corrected chi connectivity index (χ4v) is 1.46. The van der Waals surface area contributed by atoms with Crippen molar-refractivity contribution in [1.82, 2.24) is 10.1 Å². The first-order valence-electron chi connectivity index (χ1n) is 5.22. The highest BCUT2D eigenvalue weighted by Crippen LogP contribution is 2.29. The first-order chi connectivity index (χ1) is 8.91. The molecule has 0 aliphatic carbocycles. The normalized spacial score (nSPS) is 13.3. The van der Waals surface area contributed by atoms with Crippen molar-refractivity contribution in [1.29, 1.82) is 0 Å². The minimum absolute atomic E-state index is 0.236. The van der Waals surface area contributed by atoms with Crippen LogP contribution < -0.4 is 10.5 Å². The summed E-state index contributed by atoms with van der Waals surface area (Å²) < 4.78 is 46.1. The Kier molecular flexibility index (Phi) is 3.43. The Morgan fingerprint density at radius 1 is 1.37 bits per heavy atom. The summed E-state index contributed by atoms with van der Waals surface area (Å²) in [6.45, 7) is 0. The average molecular weight is 273 g/mol. The highest BCUT2D eigenvalue weighted by atomic mass is 19.4. The van der Waals surface area contributed by atoms with Crippen molar-refractivity contribution in [3.8, 4) is 5.75 Å². The van der Waals surface area contributed by atoms with Crippen LogP contribution in [0.15, 0.2) is 28.8 Å². The van der Waals surface area contributed by atoms with Gasteiger partial charge in [-0.1, -0.05) is 17.3 Å². The molecule has 0 spiro atoms. The standard InChI is InChI=1S/C11H10F3N3O2/c1-18-7-4-2-3-6(5-7)8(15)9-16-10(19-17-9)11(12,13)14/h2-5,8H,15H2,1H3. The Bertz CT molecular complexity index is 568. The van der Waals surface area contributed by atoms with E-state index >= 15 is 0 Å². The maximum atomic E-state index is 12.3. The summed E-state index contributed by atoms with van der Waals surface area (Å²) in [5.74, 6) is -1.12. The minimum Gasteiger partial charge on any atom is -0.497 e. The summed E-state index contributed by atoms with van der Waals surface area (Å²) in [6, 6.07) is 5.66. The van der Waals surface area contributed by atoms with E-state index in [9.17, 15) is 13.2 Å². The van der Waals surface area contributed by atoms with E-state index in [1.165, 1.54) is 7.11 Å². The van der Waals surface area contributed by atoms with Gasteiger partial charge in [-0.3, -0.25) is 0 Å². The molecule has 19 heavy (non-hydrogen) atoms. The monoisotopic (exact) mass is 273 g/mol. The van der Waals surface area contributed by atoms with Crippen LogP contribution in [-0.2, 0) is 6.18 Å². The molecule has 2 rings (SSSR count). The van der Waals surface area contributed by atoms with Gasteiger partial charge < -0.3 is 15.0 Å². The fraction of sp³-hybridized carbons (Fsp3) is 0.273. The Labute approximate surface area is 106 Å². The molecule has 0 saturated heterocycles. The van der Waals surface area contributed by atoms with Crippen LogP contribution in [0, 0.1) is 0 Å². The van der Waals surface area contributed by atoms with Gasteiger partial charge in [-0.05, 0) is 17.7 Å². The van der Waals surface area contributed by atoms with E-state index < -0.39 is 18.1 Å². The van der Waals surface area contributed by atoms with E-state index in [-0.39, 0.29) is 5.82 Å². The molecule has 0 fully saturated rings. The van der Waals surface area contributed by atoms with E-state index in [2.05, 4.69) is 14.7 Å². The number of ether oxygens (including phenoxy) is 1. The van der Waals surface area contributed by atoms with Crippen LogP contribution in [0.5, 0.6) is 5.75 Å². The van der Waals surface area contributed by atoms with Gasteiger partial charge in [-0.2, -0.15) is 18.2 Å². The second-order valence-corrected chi connectivity index (χ2v) is 3.71. The van der Waals surface area contributed by atoms with Crippen LogP contribution in [0.1, 0.15) is 23.3 Å². The van der Waals surface area contributed by atoms with Gasteiger partial charge in [0.25, 0.3) is 0 Å². The van der Waals surface area contributed by atoms with Crippen LogP contribution >= 0.6 is 0 Å². The largest absolute Gasteiger partial charge is 0.497 e. The van der Waals surface area contributed by atoms with Crippen LogP contribution in [0.4, 0.5) is 13.2 Å². The van der Waals surface area contributed by atoms with Gasteiger partial charge in [0.15, 0.2) is 5.82 Å². The SMILES string of the molecule is COc1cccc(C(N)c2noc(C(F)(F)F)n2)c1. The second kappa shape index (κ2) is 4.88. The van der Waals surface area contributed by atoms with Gasteiger partial charge >= 0.3 is 12.1 Å². The summed E-state index contributed by atoms with van der Waals surface area (Å²) in [5, 5.41) is 3.24. The van der Waals surface area contributed by atoms with E-state index in [4.69, 9.17) is 10.5 Å². The first kappa shape index (κ1) is 13.3. The fourth-order valence-electron chi connectivity index (χ4n) is 1.46. The van der Waals surface area contributed by atoms with Crippen LogP contribution in [-0.4, -0.2) is 17.3 Å². The number of alkyl halides is 3. The lowest BCUT2D eigenvalue weighted by molar-refractivity contribution is -0.159. The quantitative estimate of drug-likeness (QED) is 0.927. The van der Waals surface area contributed by atoms with E-state index in [0.29, 0.717) is 11.3 Å². The molecule has 1 aromatic heterocycles. The highest BCUT2D eigenvalue weighted by molar-refractivity contribution is 5.32. The zero-order chi connectivity index (χ0) is 14.0. The molecule has 0 aliphatic heterocycles. The maximum absolute atomic E-state index is 12.3. The van der Waals surface area contributed by atoms with Gasteiger partial charge in [-0.25, -0.2) is 0 Å². The third-order valence-electron chi connectivity index (χ3n) is 2.42. The van der Waals surface area contributed by atoms with Crippen molar-refractivity contribution in [2.45, 2.75) is 12.2 Å². The van der Waals surface area contributed by atoms with Gasteiger partial charge in [0.2, 0.25) is 0 Å².